The van der Waals surface area contributed by atoms with Crippen LogP contribution in [0.5, 0.6) is 0 Å². The summed E-state index contributed by atoms with van der Waals surface area (Å²) in [5.41, 5.74) is 0. The van der Waals surface area contributed by atoms with E-state index in [1.165, 1.54) is 19.3 Å². The first kappa shape index (κ1) is 8.35. The minimum atomic E-state index is 0.538. The topological polar surface area (TPSA) is 12.5 Å². The third-order valence-corrected chi connectivity index (χ3v) is 2.23. The van der Waals surface area contributed by atoms with Gasteiger partial charge in [-0.05, 0) is 19.8 Å². The fourth-order valence-corrected chi connectivity index (χ4v) is 1.34. The fourth-order valence-electron chi connectivity index (χ4n) is 1.15. The van der Waals surface area contributed by atoms with Gasteiger partial charge in [0.25, 0.3) is 0 Å². The van der Waals surface area contributed by atoms with Gasteiger partial charge in [-0.25, -0.2) is 0 Å². The van der Waals surface area contributed by atoms with Crippen LogP contribution in [0.3, 0.4) is 0 Å². The Morgan fingerprint density at radius 3 is 2.50 bits per heavy atom. The number of ether oxygens (including phenoxy) is 1. The Balaban J connectivity index is 1.78. The molecular formula is C8H15ClO. The molecule has 60 valence electrons. The zero-order valence-corrected chi connectivity index (χ0v) is 7.23. The van der Waals surface area contributed by atoms with Crippen molar-refractivity contribution in [2.45, 2.75) is 44.8 Å². The van der Waals surface area contributed by atoms with E-state index < -0.39 is 0 Å². The van der Waals surface area contributed by atoms with Gasteiger partial charge >= 0.3 is 0 Å². The van der Waals surface area contributed by atoms with Gasteiger partial charge < -0.3 is 4.74 Å². The molecule has 0 aromatic heterocycles. The van der Waals surface area contributed by atoms with Crippen molar-refractivity contribution in [2.24, 2.45) is 0 Å². The number of rotatable bonds is 5. The second kappa shape index (κ2) is 4.20. The maximum absolute atomic E-state index is 5.53. The number of halogens is 1. The molecule has 0 spiro atoms. The smallest absolute Gasteiger partial charge is 0.0839 e. The number of hydrogen-bond donors (Lipinski definition) is 0. The molecule has 1 nitrogen and oxygen atoms in total. The van der Waals surface area contributed by atoms with Crippen molar-refractivity contribution < 1.29 is 4.74 Å². The molecule has 0 aromatic carbocycles. The Hall–Kier alpha value is 0.250. The van der Waals surface area contributed by atoms with Crippen molar-refractivity contribution in [1.29, 1.82) is 0 Å². The largest absolute Gasteiger partial charge is 0.370 e. The summed E-state index contributed by atoms with van der Waals surface area (Å²) in [4.78, 5) is 0. The average molecular weight is 163 g/mol. The Morgan fingerprint density at radius 2 is 2.00 bits per heavy atom. The lowest BCUT2D eigenvalue weighted by molar-refractivity contribution is 0.365. The zero-order chi connectivity index (χ0) is 7.40. The third-order valence-electron chi connectivity index (χ3n) is 1.96. The summed E-state index contributed by atoms with van der Waals surface area (Å²) < 4.78 is 5.26. The average Bonchev–Trinajstić information content (AvgIpc) is 2.60. The standard InChI is InChI=1S/C8H15ClO/c1-7-8(10-7)5-3-2-4-6-9/h7-8H,2-6H2,1H3. The predicted octanol–water partition coefficient (Wildman–Crippen LogP) is 2.57. The van der Waals surface area contributed by atoms with Crippen LogP contribution in [0.15, 0.2) is 0 Å². The van der Waals surface area contributed by atoms with Crippen molar-refractivity contribution in [1.82, 2.24) is 0 Å². The molecule has 1 saturated heterocycles. The molecule has 2 heteroatoms. The first-order valence-electron chi connectivity index (χ1n) is 4.06. The molecule has 0 saturated carbocycles. The Kier molecular flexibility index (Phi) is 3.50. The van der Waals surface area contributed by atoms with E-state index >= 15 is 0 Å². The van der Waals surface area contributed by atoms with Crippen molar-refractivity contribution in [2.75, 3.05) is 5.88 Å². The second-order valence-corrected chi connectivity index (χ2v) is 3.30. The van der Waals surface area contributed by atoms with Gasteiger partial charge in [0.15, 0.2) is 0 Å². The van der Waals surface area contributed by atoms with Gasteiger partial charge in [-0.1, -0.05) is 12.8 Å². The highest BCUT2D eigenvalue weighted by molar-refractivity contribution is 6.17. The Morgan fingerprint density at radius 1 is 1.30 bits per heavy atom. The third kappa shape index (κ3) is 2.89. The molecule has 1 fully saturated rings. The lowest BCUT2D eigenvalue weighted by Crippen LogP contribution is -1.89. The highest BCUT2D eigenvalue weighted by atomic mass is 35.5. The molecule has 0 amide bonds. The SMILES string of the molecule is CC1OC1CCCCCCl. The number of unbranched alkanes of at least 4 members (excludes halogenated alkanes) is 2. The molecule has 2 unspecified atom stereocenters. The van der Waals surface area contributed by atoms with Gasteiger partial charge in [0, 0.05) is 5.88 Å². The summed E-state index contributed by atoms with van der Waals surface area (Å²) in [7, 11) is 0. The van der Waals surface area contributed by atoms with Crippen molar-refractivity contribution in [3.63, 3.8) is 0 Å². The summed E-state index contributed by atoms with van der Waals surface area (Å²) >= 11 is 5.53. The first-order chi connectivity index (χ1) is 4.84. The molecule has 1 aliphatic heterocycles. The van der Waals surface area contributed by atoms with Crippen molar-refractivity contribution in [3.8, 4) is 0 Å². The summed E-state index contributed by atoms with van der Waals surface area (Å²) in [6.07, 6.45) is 6.05. The van der Waals surface area contributed by atoms with Crippen LogP contribution in [0.4, 0.5) is 0 Å². The van der Waals surface area contributed by atoms with Crippen molar-refractivity contribution >= 4 is 11.6 Å². The van der Waals surface area contributed by atoms with Crippen LogP contribution in [0, 0.1) is 0 Å². The van der Waals surface area contributed by atoms with Gasteiger partial charge in [0.05, 0.1) is 12.2 Å². The highest BCUT2D eigenvalue weighted by Gasteiger charge is 2.32. The van der Waals surface area contributed by atoms with Crippen LogP contribution in [0.25, 0.3) is 0 Å². The zero-order valence-electron chi connectivity index (χ0n) is 6.48. The molecule has 1 aliphatic rings. The van der Waals surface area contributed by atoms with Crippen LogP contribution in [0.2, 0.25) is 0 Å². The van der Waals surface area contributed by atoms with E-state index in [0.29, 0.717) is 12.2 Å². The summed E-state index contributed by atoms with van der Waals surface area (Å²) in [5, 5.41) is 0. The van der Waals surface area contributed by atoms with Gasteiger partial charge in [-0.2, -0.15) is 0 Å². The van der Waals surface area contributed by atoms with Crippen LogP contribution in [-0.4, -0.2) is 18.1 Å². The molecule has 1 rings (SSSR count). The highest BCUT2D eigenvalue weighted by Crippen LogP contribution is 2.26. The van der Waals surface area contributed by atoms with Crippen LogP contribution in [-0.2, 0) is 4.74 Å². The van der Waals surface area contributed by atoms with Gasteiger partial charge in [-0.15, -0.1) is 11.6 Å². The van der Waals surface area contributed by atoms with E-state index in [1.54, 1.807) is 0 Å². The minimum absolute atomic E-state index is 0.538. The van der Waals surface area contributed by atoms with Crippen LogP contribution < -0.4 is 0 Å². The molecule has 1 heterocycles. The van der Waals surface area contributed by atoms with E-state index in [9.17, 15) is 0 Å². The maximum atomic E-state index is 5.53. The van der Waals surface area contributed by atoms with Gasteiger partial charge in [0.1, 0.15) is 0 Å². The van der Waals surface area contributed by atoms with E-state index in [0.717, 1.165) is 12.3 Å². The predicted molar refractivity (Wildman–Crippen MR) is 43.5 cm³/mol. The van der Waals surface area contributed by atoms with E-state index in [-0.39, 0.29) is 0 Å². The molecular weight excluding hydrogens is 148 g/mol. The van der Waals surface area contributed by atoms with Gasteiger partial charge in [0.2, 0.25) is 0 Å². The Bertz CT molecular complexity index is 95.3. The molecule has 0 aromatic rings. The molecule has 10 heavy (non-hydrogen) atoms. The number of alkyl halides is 1. The van der Waals surface area contributed by atoms with Crippen LogP contribution >= 0.6 is 11.6 Å². The molecule has 0 aliphatic carbocycles. The lowest BCUT2D eigenvalue weighted by atomic mass is 10.1. The quantitative estimate of drug-likeness (QED) is 0.344. The molecule has 0 bridgehead atoms. The lowest BCUT2D eigenvalue weighted by Gasteiger charge is -1.93. The summed E-state index contributed by atoms with van der Waals surface area (Å²) in [5.74, 6) is 0.807. The molecule has 2 atom stereocenters. The molecule has 0 radical (unpaired) electrons. The first-order valence-corrected chi connectivity index (χ1v) is 4.59. The maximum Gasteiger partial charge on any atom is 0.0839 e. The normalized spacial score (nSPS) is 30.6. The van der Waals surface area contributed by atoms with E-state index in [4.69, 9.17) is 16.3 Å². The van der Waals surface area contributed by atoms with E-state index in [2.05, 4.69) is 6.92 Å². The second-order valence-electron chi connectivity index (χ2n) is 2.92. The summed E-state index contributed by atoms with van der Waals surface area (Å²) in [6, 6.07) is 0. The fraction of sp³-hybridized carbons (Fsp3) is 1.00. The monoisotopic (exact) mass is 162 g/mol. The van der Waals surface area contributed by atoms with Crippen LogP contribution in [0.1, 0.15) is 32.6 Å². The van der Waals surface area contributed by atoms with E-state index in [1.807, 2.05) is 0 Å². The number of epoxide rings is 1. The minimum Gasteiger partial charge on any atom is -0.370 e. The van der Waals surface area contributed by atoms with Gasteiger partial charge in [-0.3, -0.25) is 0 Å². The molecule has 0 N–H and O–H groups in total. The number of hydrogen-bond acceptors (Lipinski definition) is 1. The van der Waals surface area contributed by atoms with Crippen molar-refractivity contribution in [3.05, 3.63) is 0 Å². The Labute approximate surface area is 67.7 Å². The summed E-state index contributed by atoms with van der Waals surface area (Å²) in [6.45, 7) is 2.13.